The smallest absolute Gasteiger partial charge is 0.227 e. The molecule has 1 N–H and O–H groups in total. The Balaban J connectivity index is 1.58. The number of rotatable bonds is 9. The molecule has 0 aliphatic carbocycles. The number of aryl methyl sites for hydroxylation is 1. The molecule has 1 aliphatic heterocycles. The zero-order valence-electron chi connectivity index (χ0n) is 18.3. The quantitative estimate of drug-likeness (QED) is 0.618. The Morgan fingerprint density at radius 2 is 1.71 bits per heavy atom. The first-order valence-electron chi connectivity index (χ1n) is 10.0. The van der Waals surface area contributed by atoms with Crippen molar-refractivity contribution in [2.75, 3.05) is 45.9 Å². The van der Waals surface area contributed by atoms with E-state index in [0.29, 0.717) is 36.1 Å². The average Bonchev–Trinajstić information content (AvgIpc) is 3.18. The summed E-state index contributed by atoms with van der Waals surface area (Å²) in [4.78, 5) is 26.7. The number of amides is 2. The minimum Gasteiger partial charge on any atom is -0.493 e. The highest BCUT2D eigenvalue weighted by atomic mass is 16.5. The Bertz CT molecular complexity index is 903. The lowest BCUT2D eigenvalue weighted by Gasteiger charge is -2.20. The van der Waals surface area contributed by atoms with Crippen LogP contribution >= 0.6 is 0 Å². The van der Waals surface area contributed by atoms with E-state index in [-0.39, 0.29) is 24.8 Å². The molecule has 1 saturated heterocycles. The molecule has 0 radical (unpaired) electrons. The number of hydrogen-bond donors (Lipinski definition) is 1. The summed E-state index contributed by atoms with van der Waals surface area (Å²) < 4.78 is 21.7. The normalized spacial score (nSPS) is 15.5. The molecule has 0 bridgehead atoms. The van der Waals surface area contributed by atoms with Gasteiger partial charge in [0.25, 0.3) is 0 Å². The number of nitrogens with one attached hydrogen (secondary N) is 1. The Morgan fingerprint density at radius 1 is 1.06 bits per heavy atom. The third-order valence-electron chi connectivity index (χ3n) is 5.15. The fraction of sp³-hybridized carbons (Fsp3) is 0.391. The van der Waals surface area contributed by atoms with Gasteiger partial charge in [0.05, 0.1) is 39.5 Å². The molecule has 2 aromatic carbocycles. The molecule has 2 amide bonds. The van der Waals surface area contributed by atoms with Crippen LogP contribution in [0.25, 0.3) is 0 Å². The van der Waals surface area contributed by atoms with Crippen LogP contribution in [-0.4, -0.2) is 52.8 Å². The lowest BCUT2D eigenvalue weighted by Crippen LogP contribution is -2.35. The maximum atomic E-state index is 12.6. The van der Waals surface area contributed by atoms with E-state index in [1.165, 1.54) is 21.3 Å². The number of nitrogens with zero attached hydrogens (tertiary/aromatic N) is 1. The van der Waals surface area contributed by atoms with Crippen molar-refractivity contribution >= 4 is 17.5 Å². The van der Waals surface area contributed by atoms with Crippen LogP contribution in [0.1, 0.15) is 12.0 Å². The average molecular weight is 428 g/mol. The zero-order chi connectivity index (χ0) is 22.4. The van der Waals surface area contributed by atoms with Crippen molar-refractivity contribution in [1.82, 2.24) is 5.32 Å². The van der Waals surface area contributed by atoms with Crippen LogP contribution in [0.2, 0.25) is 0 Å². The summed E-state index contributed by atoms with van der Waals surface area (Å²) in [5.41, 5.74) is 1.75. The van der Waals surface area contributed by atoms with Crippen molar-refractivity contribution in [3.05, 3.63) is 42.0 Å². The Kier molecular flexibility index (Phi) is 7.23. The molecule has 0 aromatic heterocycles. The van der Waals surface area contributed by atoms with Gasteiger partial charge in [-0.05, 0) is 19.1 Å². The van der Waals surface area contributed by atoms with Crippen LogP contribution in [0.4, 0.5) is 5.69 Å². The minimum atomic E-state index is -0.439. The number of carbonyl (C=O) groups is 2. The van der Waals surface area contributed by atoms with Crippen LogP contribution in [0, 0.1) is 12.8 Å². The second-order valence-corrected chi connectivity index (χ2v) is 7.24. The van der Waals surface area contributed by atoms with Gasteiger partial charge in [-0.3, -0.25) is 9.59 Å². The maximum absolute atomic E-state index is 12.6. The van der Waals surface area contributed by atoms with Gasteiger partial charge < -0.3 is 29.2 Å². The van der Waals surface area contributed by atoms with E-state index in [0.717, 1.165) is 11.3 Å². The summed E-state index contributed by atoms with van der Waals surface area (Å²) in [6, 6.07) is 11.1. The van der Waals surface area contributed by atoms with E-state index >= 15 is 0 Å². The topological polar surface area (TPSA) is 86.3 Å². The van der Waals surface area contributed by atoms with E-state index in [1.54, 1.807) is 17.0 Å². The summed E-state index contributed by atoms with van der Waals surface area (Å²) in [6.07, 6.45) is 0.140. The molecule has 1 aliphatic rings. The standard InChI is InChI=1S/C23H28N2O6/c1-15-5-7-18(8-6-15)31-10-9-24-23(27)16-11-21(26)25(14-16)17-12-19(28-2)22(30-4)20(13-17)29-3/h5-8,12-13,16H,9-11,14H2,1-4H3,(H,24,27). The van der Waals surface area contributed by atoms with E-state index < -0.39 is 5.92 Å². The predicted octanol–water partition coefficient (Wildman–Crippen LogP) is 2.57. The lowest BCUT2D eigenvalue weighted by molar-refractivity contribution is -0.126. The summed E-state index contributed by atoms with van der Waals surface area (Å²) in [6.45, 7) is 3.00. The SMILES string of the molecule is COc1cc(N2CC(C(=O)NCCOc3ccc(C)cc3)CC2=O)cc(OC)c1OC. The number of carbonyl (C=O) groups excluding carboxylic acids is 2. The van der Waals surface area contributed by atoms with Crippen LogP contribution in [0.15, 0.2) is 36.4 Å². The molecule has 1 atom stereocenters. The highest BCUT2D eigenvalue weighted by molar-refractivity contribution is 6.00. The largest absolute Gasteiger partial charge is 0.493 e. The Labute approximate surface area is 182 Å². The molecule has 0 saturated carbocycles. The molecular weight excluding hydrogens is 400 g/mol. The van der Waals surface area contributed by atoms with E-state index in [2.05, 4.69) is 5.32 Å². The van der Waals surface area contributed by atoms with Gasteiger partial charge in [0.1, 0.15) is 12.4 Å². The second kappa shape index (κ2) is 10.1. The van der Waals surface area contributed by atoms with Crippen molar-refractivity contribution in [3.8, 4) is 23.0 Å². The van der Waals surface area contributed by atoms with Gasteiger partial charge in [-0.25, -0.2) is 0 Å². The first-order chi connectivity index (χ1) is 15.0. The molecule has 3 rings (SSSR count). The van der Waals surface area contributed by atoms with Gasteiger partial charge in [0.2, 0.25) is 17.6 Å². The first-order valence-corrected chi connectivity index (χ1v) is 10.0. The van der Waals surface area contributed by atoms with Crippen molar-refractivity contribution in [1.29, 1.82) is 0 Å². The molecule has 2 aromatic rings. The highest BCUT2D eigenvalue weighted by Crippen LogP contribution is 2.42. The molecule has 31 heavy (non-hydrogen) atoms. The van der Waals surface area contributed by atoms with Gasteiger partial charge in [-0.15, -0.1) is 0 Å². The number of methoxy groups -OCH3 is 3. The van der Waals surface area contributed by atoms with Crippen LogP contribution in [-0.2, 0) is 9.59 Å². The lowest BCUT2D eigenvalue weighted by atomic mass is 10.1. The number of anilines is 1. The number of ether oxygens (including phenoxy) is 4. The van der Waals surface area contributed by atoms with Crippen molar-refractivity contribution < 1.29 is 28.5 Å². The van der Waals surface area contributed by atoms with Gasteiger partial charge in [0.15, 0.2) is 11.5 Å². The summed E-state index contributed by atoms with van der Waals surface area (Å²) in [5.74, 6) is 1.36. The van der Waals surface area contributed by atoms with Gasteiger partial charge >= 0.3 is 0 Å². The predicted molar refractivity (Wildman–Crippen MR) is 116 cm³/mol. The van der Waals surface area contributed by atoms with Gasteiger partial charge in [-0.2, -0.15) is 0 Å². The fourth-order valence-electron chi connectivity index (χ4n) is 3.48. The fourth-order valence-corrected chi connectivity index (χ4v) is 3.48. The van der Waals surface area contributed by atoms with E-state index in [1.807, 2.05) is 31.2 Å². The van der Waals surface area contributed by atoms with Gasteiger partial charge in [-0.1, -0.05) is 17.7 Å². The van der Waals surface area contributed by atoms with Crippen molar-refractivity contribution in [3.63, 3.8) is 0 Å². The van der Waals surface area contributed by atoms with Crippen LogP contribution in [0.3, 0.4) is 0 Å². The molecule has 8 heteroatoms. The first kappa shape index (κ1) is 22.3. The molecular formula is C23H28N2O6. The minimum absolute atomic E-state index is 0.134. The third-order valence-corrected chi connectivity index (χ3v) is 5.15. The molecule has 166 valence electrons. The van der Waals surface area contributed by atoms with Crippen LogP contribution in [0.5, 0.6) is 23.0 Å². The van der Waals surface area contributed by atoms with Crippen molar-refractivity contribution in [2.45, 2.75) is 13.3 Å². The maximum Gasteiger partial charge on any atom is 0.227 e. The van der Waals surface area contributed by atoms with E-state index in [9.17, 15) is 9.59 Å². The molecule has 1 unspecified atom stereocenters. The van der Waals surface area contributed by atoms with E-state index in [4.69, 9.17) is 18.9 Å². The van der Waals surface area contributed by atoms with Gasteiger partial charge in [0, 0.05) is 25.1 Å². The Hall–Kier alpha value is -3.42. The summed E-state index contributed by atoms with van der Waals surface area (Å²) in [7, 11) is 4.55. The molecule has 8 nitrogen and oxygen atoms in total. The monoisotopic (exact) mass is 428 g/mol. The molecule has 0 spiro atoms. The Morgan fingerprint density at radius 3 is 2.29 bits per heavy atom. The molecule has 1 fully saturated rings. The summed E-state index contributed by atoms with van der Waals surface area (Å²) >= 11 is 0. The van der Waals surface area contributed by atoms with Crippen LogP contribution < -0.4 is 29.2 Å². The molecule has 1 heterocycles. The number of hydrogen-bond acceptors (Lipinski definition) is 6. The highest BCUT2D eigenvalue weighted by Gasteiger charge is 2.35. The number of benzene rings is 2. The van der Waals surface area contributed by atoms with Crippen molar-refractivity contribution in [2.24, 2.45) is 5.92 Å². The summed E-state index contributed by atoms with van der Waals surface area (Å²) in [5, 5.41) is 2.85. The second-order valence-electron chi connectivity index (χ2n) is 7.24. The third kappa shape index (κ3) is 5.20. The zero-order valence-corrected chi connectivity index (χ0v) is 18.3.